The van der Waals surface area contributed by atoms with Gasteiger partial charge in [0, 0.05) is 5.56 Å². The fraction of sp³-hybridized carbons (Fsp3) is 0.462. The number of carbonyl (C=O) groups excluding carboxylic acids is 1. The minimum atomic E-state index is -2.12. The van der Waals surface area contributed by atoms with Gasteiger partial charge in [0.2, 0.25) is 0 Å². The molecule has 4 nitrogen and oxygen atoms in total. The fourth-order valence-electron chi connectivity index (χ4n) is 1.90. The van der Waals surface area contributed by atoms with E-state index in [0.717, 1.165) is 17.4 Å². The molecule has 0 aliphatic carbocycles. The average molecular weight is 269 g/mol. The second-order valence-electron chi connectivity index (χ2n) is 4.85. The third-order valence-electron chi connectivity index (χ3n) is 2.79. The Labute approximate surface area is 110 Å². The number of anilines is 1. The number of aldehydes is 1. The number of benzene rings is 1. The highest BCUT2D eigenvalue weighted by Gasteiger charge is 2.16. The molecule has 2 N–H and O–H groups in total. The lowest BCUT2D eigenvalue weighted by atomic mass is 9.91. The van der Waals surface area contributed by atoms with E-state index in [1.54, 1.807) is 12.1 Å². The van der Waals surface area contributed by atoms with Gasteiger partial charge in [0.25, 0.3) is 11.3 Å². The molecule has 0 fully saturated rings. The monoisotopic (exact) mass is 269 g/mol. The highest BCUT2D eigenvalue weighted by Crippen LogP contribution is 2.33. The standard InChI is InChI=1S/C13H19NO3S/c1-8(2)11-5-10(7-15)6-12(9(3)4)13(11)14-18(16)17/h5-9,14H,1-4H3,(H,16,17). The van der Waals surface area contributed by atoms with Crippen molar-refractivity contribution in [1.82, 2.24) is 0 Å². The lowest BCUT2D eigenvalue weighted by molar-refractivity contribution is 0.112. The van der Waals surface area contributed by atoms with Crippen LogP contribution in [0.1, 0.15) is 61.0 Å². The predicted molar refractivity (Wildman–Crippen MR) is 74.4 cm³/mol. The van der Waals surface area contributed by atoms with Crippen LogP contribution < -0.4 is 4.72 Å². The SMILES string of the molecule is CC(C)c1cc(C=O)cc(C(C)C)c1NS(=O)O. The summed E-state index contributed by atoms with van der Waals surface area (Å²) in [7, 11) is 0. The van der Waals surface area contributed by atoms with Crippen LogP contribution in [0.25, 0.3) is 0 Å². The largest absolute Gasteiger partial charge is 0.298 e. The van der Waals surface area contributed by atoms with Gasteiger partial charge in [0.05, 0.1) is 5.69 Å². The van der Waals surface area contributed by atoms with Gasteiger partial charge in [0.1, 0.15) is 6.29 Å². The molecule has 0 saturated carbocycles. The summed E-state index contributed by atoms with van der Waals surface area (Å²) in [6, 6.07) is 3.53. The summed E-state index contributed by atoms with van der Waals surface area (Å²) in [4.78, 5) is 11.0. The van der Waals surface area contributed by atoms with Crippen molar-refractivity contribution in [2.45, 2.75) is 39.5 Å². The smallest absolute Gasteiger partial charge is 0.259 e. The van der Waals surface area contributed by atoms with E-state index in [1.165, 1.54) is 0 Å². The number of carbonyl (C=O) groups is 1. The van der Waals surface area contributed by atoms with Gasteiger partial charge in [-0.3, -0.25) is 14.1 Å². The van der Waals surface area contributed by atoms with Crippen molar-refractivity contribution in [3.63, 3.8) is 0 Å². The molecule has 0 aliphatic heterocycles. The summed E-state index contributed by atoms with van der Waals surface area (Å²) >= 11 is -2.12. The molecule has 1 atom stereocenters. The maximum absolute atomic E-state index is 11.0. The van der Waals surface area contributed by atoms with Gasteiger partial charge in [-0.15, -0.1) is 0 Å². The van der Waals surface area contributed by atoms with Crippen LogP contribution in [-0.4, -0.2) is 15.0 Å². The Bertz CT molecular complexity index is 440. The van der Waals surface area contributed by atoms with Gasteiger partial charge in [-0.05, 0) is 35.1 Å². The van der Waals surface area contributed by atoms with Crippen molar-refractivity contribution in [2.24, 2.45) is 0 Å². The summed E-state index contributed by atoms with van der Waals surface area (Å²) in [5.74, 6) is 0.321. The zero-order chi connectivity index (χ0) is 13.9. The first-order valence-corrected chi connectivity index (χ1v) is 6.98. The van der Waals surface area contributed by atoms with Gasteiger partial charge in [-0.25, -0.2) is 4.21 Å². The van der Waals surface area contributed by atoms with E-state index >= 15 is 0 Å². The van der Waals surface area contributed by atoms with E-state index in [1.807, 2.05) is 27.7 Å². The van der Waals surface area contributed by atoms with Crippen LogP contribution in [0.2, 0.25) is 0 Å². The third-order valence-corrected chi connectivity index (χ3v) is 3.17. The van der Waals surface area contributed by atoms with E-state index in [-0.39, 0.29) is 11.8 Å². The summed E-state index contributed by atoms with van der Waals surface area (Å²) in [6.45, 7) is 7.94. The Morgan fingerprint density at radius 1 is 1.17 bits per heavy atom. The van der Waals surface area contributed by atoms with Crippen molar-refractivity contribution in [1.29, 1.82) is 0 Å². The molecular formula is C13H19NO3S. The quantitative estimate of drug-likeness (QED) is 0.636. The Kier molecular flexibility index (Phi) is 5.04. The van der Waals surface area contributed by atoms with Gasteiger partial charge >= 0.3 is 0 Å². The molecule has 1 unspecified atom stereocenters. The second kappa shape index (κ2) is 6.11. The number of nitrogens with one attached hydrogen (secondary N) is 1. The van der Waals surface area contributed by atoms with Crippen molar-refractivity contribution < 1.29 is 13.6 Å². The Hall–Kier alpha value is -1.20. The molecule has 1 rings (SSSR count). The number of hydrogen-bond donors (Lipinski definition) is 2. The zero-order valence-corrected chi connectivity index (χ0v) is 11.9. The van der Waals surface area contributed by atoms with Gasteiger partial charge in [0.15, 0.2) is 0 Å². The zero-order valence-electron chi connectivity index (χ0n) is 11.1. The van der Waals surface area contributed by atoms with Crippen LogP contribution in [0.5, 0.6) is 0 Å². The Morgan fingerprint density at radius 3 is 1.89 bits per heavy atom. The molecule has 0 spiro atoms. The van der Waals surface area contributed by atoms with Gasteiger partial charge in [-0.2, -0.15) is 0 Å². The average Bonchev–Trinajstić information content (AvgIpc) is 2.27. The van der Waals surface area contributed by atoms with Crippen LogP contribution in [0.4, 0.5) is 5.69 Å². The first-order valence-electron chi connectivity index (χ1n) is 5.87. The molecule has 0 bridgehead atoms. The van der Waals surface area contributed by atoms with Crippen molar-refractivity contribution >= 4 is 23.2 Å². The van der Waals surface area contributed by atoms with E-state index in [9.17, 15) is 9.00 Å². The maximum atomic E-state index is 11.0. The topological polar surface area (TPSA) is 66.4 Å². The minimum absolute atomic E-state index is 0.161. The van der Waals surface area contributed by atoms with Gasteiger partial charge in [-0.1, -0.05) is 27.7 Å². The maximum Gasteiger partial charge on any atom is 0.259 e. The summed E-state index contributed by atoms with van der Waals surface area (Å²) in [5, 5.41) is 0. The lowest BCUT2D eigenvalue weighted by Gasteiger charge is -2.20. The molecule has 0 amide bonds. The first kappa shape index (κ1) is 14.9. The molecule has 0 saturated heterocycles. The first-order chi connectivity index (χ1) is 8.36. The molecule has 0 aliphatic rings. The molecule has 1 aromatic carbocycles. The summed E-state index contributed by atoms with van der Waals surface area (Å²) < 4.78 is 22.6. The van der Waals surface area contributed by atoms with Crippen LogP contribution in [0, 0.1) is 0 Å². The van der Waals surface area contributed by atoms with Gasteiger partial charge < -0.3 is 0 Å². The molecule has 1 aromatic rings. The third kappa shape index (κ3) is 3.40. The predicted octanol–water partition coefficient (Wildman–Crippen LogP) is 3.29. The van der Waals surface area contributed by atoms with Crippen LogP contribution in [0.15, 0.2) is 12.1 Å². The Morgan fingerprint density at radius 2 is 1.61 bits per heavy atom. The lowest BCUT2D eigenvalue weighted by Crippen LogP contribution is -2.10. The molecular weight excluding hydrogens is 250 g/mol. The van der Waals surface area contributed by atoms with Crippen LogP contribution >= 0.6 is 0 Å². The van der Waals surface area contributed by atoms with Crippen molar-refractivity contribution in [3.8, 4) is 0 Å². The summed E-state index contributed by atoms with van der Waals surface area (Å²) in [6.07, 6.45) is 0.803. The molecule has 100 valence electrons. The molecule has 5 heteroatoms. The van der Waals surface area contributed by atoms with E-state index in [2.05, 4.69) is 4.72 Å². The van der Waals surface area contributed by atoms with E-state index in [0.29, 0.717) is 11.3 Å². The van der Waals surface area contributed by atoms with Crippen molar-refractivity contribution in [2.75, 3.05) is 4.72 Å². The molecule has 18 heavy (non-hydrogen) atoms. The molecule has 0 heterocycles. The molecule has 0 aromatic heterocycles. The normalized spacial score (nSPS) is 12.8. The highest BCUT2D eigenvalue weighted by molar-refractivity contribution is 7.80. The van der Waals surface area contributed by atoms with Crippen LogP contribution in [-0.2, 0) is 11.3 Å². The number of hydrogen-bond acceptors (Lipinski definition) is 2. The van der Waals surface area contributed by atoms with E-state index in [4.69, 9.17) is 4.55 Å². The van der Waals surface area contributed by atoms with Crippen molar-refractivity contribution in [3.05, 3.63) is 28.8 Å². The highest BCUT2D eigenvalue weighted by atomic mass is 32.2. The second-order valence-corrected chi connectivity index (χ2v) is 5.56. The van der Waals surface area contributed by atoms with E-state index < -0.39 is 11.3 Å². The van der Waals surface area contributed by atoms with Crippen LogP contribution in [0.3, 0.4) is 0 Å². The minimum Gasteiger partial charge on any atom is -0.298 e. The summed E-state index contributed by atoms with van der Waals surface area (Å²) in [5.41, 5.74) is 3.01. The molecule has 0 radical (unpaired) electrons. The fourth-order valence-corrected chi connectivity index (χ4v) is 2.31. The number of rotatable bonds is 5. The Balaban J connectivity index is 3.49.